The third kappa shape index (κ3) is 6.99. The summed E-state index contributed by atoms with van der Waals surface area (Å²) >= 11 is 0. The molecule has 0 saturated heterocycles. The lowest BCUT2D eigenvalue weighted by Crippen LogP contribution is -1.93. The number of aldehydes is 1. The van der Waals surface area contributed by atoms with Gasteiger partial charge in [0.1, 0.15) is 6.29 Å². The Morgan fingerprint density at radius 1 is 1.33 bits per heavy atom. The summed E-state index contributed by atoms with van der Waals surface area (Å²) in [4.78, 5) is 20.4. The number of hydrogen-bond donors (Lipinski definition) is 0. The first-order valence-corrected chi connectivity index (χ1v) is 3.99. The van der Waals surface area contributed by atoms with Crippen molar-refractivity contribution in [2.24, 2.45) is 0 Å². The van der Waals surface area contributed by atoms with Crippen molar-refractivity contribution in [3.8, 4) is 0 Å². The van der Waals surface area contributed by atoms with Crippen molar-refractivity contribution in [1.29, 1.82) is 0 Å². The van der Waals surface area contributed by atoms with Gasteiger partial charge in [0, 0.05) is 12.5 Å². The van der Waals surface area contributed by atoms with Crippen molar-refractivity contribution in [3.63, 3.8) is 0 Å². The predicted molar refractivity (Wildman–Crippen MR) is 45.7 cm³/mol. The van der Waals surface area contributed by atoms with Crippen LogP contribution in [0.3, 0.4) is 0 Å². The molecule has 0 saturated carbocycles. The molecule has 0 spiro atoms. The van der Waals surface area contributed by atoms with Crippen molar-refractivity contribution in [3.05, 3.63) is 12.2 Å². The molecule has 3 heteroatoms. The molecule has 3 nitrogen and oxygen atoms in total. The second-order valence-corrected chi connectivity index (χ2v) is 2.38. The molecular formula is C9H14O3. The van der Waals surface area contributed by atoms with Gasteiger partial charge in [0.05, 0.1) is 7.11 Å². The normalized spacial score (nSPS) is 10.1. The Kier molecular flexibility index (Phi) is 7.24. The van der Waals surface area contributed by atoms with E-state index in [9.17, 15) is 9.59 Å². The molecule has 68 valence electrons. The molecule has 0 rings (SSSR count). The Balaban J connectivity index is 3.24. The summed E-state index contributed by atoms with van der Waals surface area (Å²) in [5, 5.41) is 0. The highest BCUT2D eigenvalue weighted by atomic mass is 16.5. The highest BCUT2D eigenvalue weighted by Gasteiger charge is 1.89. The van der Waals surface area contributed by atoms with Gasteiger partial charge in [0.25, 0.3) is 0 Å². The number of methoxy groups -OCH3 is 1. The molecule has 0 atom stereocenters. The van der Waals surface area contributed by atoms with E-state index in [1.807, 2.05) is 0 Å². The molecule has 0 fully saturated rings. The lowest BCUT2D eigenvalue weighted by Gasteiger charge is -1.91. The Morgan fingerprint density at radius 2 is 2.00 bits per heavy atom. The molecule has 0 aromatic carbocycles. The Labute approximate surface area is 72.4 Å². The van der Waals surface area contributed by atoms with E-state index in [0.717, 1.165) is 25.5 Å². The zero-order valence-electron chi connectivity index (χ0n) is 7.29. The van der Waals surface area contributed by atoms with E-state index >= 15 is 0 Å². The maximum absolute atomic E-state index is 10.5. The van der Waals surface area contributed by atoms with E-state index in [-0.39, 0.29) is 5.97 Å². The lowest BCUT2D eigenvalue weighted by molar-refractivity contribution is -0.134. The van der Waals surface area contributed by atoms with Crippen molar-refractivity contribution in [2.75, 3.05) is 7.11 Å². The standard InChI is InChI=1S/C9H14O3/c1-12-9(11)7-5-3-2-4-6-8-10/h5,7-8H,2-4,6H2,1H3. The fourth-order valence-corrected chi connectivity index (χ4v) is 0.737. The van der Waals surface area contributed by atoms with Crippen LogP contribution in [0.1, 0.15) is 25.7 Å². The predicted octanol–water partition coefficient (Wildman–Crippen LogP) is 1.47. The topological polar surface area (TPSA) is 43.4 Å². The molecular weight excluding hydrogens is 156 g/mol. The maximum atomic E-state index is 10.5. The van der Waals surface area contributed by atoms with E-state index < -0.39 is 0 Å². The molecule has 0 amide bonds. The fourth-order valence-electron chi connectivity index (χ4n) is 0.737. The molecule has 0 radical (unpaired) electrons. The van der Waals surface area contributed by atoms with Crippen molar-refractivity contribution in [2.45, 2.75) is 25.7 Å². The van der Waals surface area contributed by atoms with Gasteiger partial charge in [0.15, 0.2) is 0 Å². The van der Waals surface area contributed by atoms with Crippen LogP contribution in [0.4, 0.5) is 0 Å². The van der Waals surface area contributed by atoms with Crippen molar-refractivity contribution < 1.29 is 14.3 Å². The summed E-state index contributed by atoms with van der Waals surface area (Å²) in [6, 6.07) is 0. The molecule has 0 heterocycles. The number of rotatable bonds is 6. The number of allylic oxidation sites excluding steroid dienone is 1. The SMILES string of the molecule is COC(=O)C=CCCCCC=O. The number of ether oxygens (including phenoxy) is 1. The number of carbonyl (C=O) groups is 2. The molecule has 0 unspecified atom stereocenters. The molecule has 0 aliphatic carbocycles. The van der Waals surface area contributed by atoms with Gasteiger partial charge < -0.3 is 9.53 Å². The van der Waals surface area contributed by atoms with Crippen LogP contribution in [-0.4, -0.2) is 19.4 Å². The zero-order chi connectivity index (χ0) is 9.23. The number of unbranched alkanes of at least 4 members (excludes halogenated alkanes) is 3. The quantitative estimate of drug-likeness (QED) is 0.262. The van der Waals surface area contributed by atoms with E-state index in [1.165, 1.54) is 13.2 Å². The van der Waals surface area contributed by atoms with Crippen LogP contribution in [0.2, 0.25) is 0 Å². The summed E-state index contributed by atoms with van der Waals surface area (Å²) in [5.41, 5.74) is 0. The van der Waals surface area contributed by atoms with Gasteiger partial charge in [-0.1, -0.05) is 6.08 Å². The first kappa shape index (κ1) is 10.9. The van der Waals surface area contributed by atoms with Crippen molar-refractivity contribution >= 4 is 12.3 Å². The van der Waals surface area contributed by atoms with E-state index in [0.29, 0.717) is 6.42 Å². The number of hydrogen-bond acceptors (Lipinski definition) is 3. The van der Waals surface area contributed by atoms with Gasteiger partial charge >= 0.3 is 5.97 Å². The molecule has 0 aliphatic heterocycles. The zero-order valence-corrected chi connectivity index (χ0v) is 7.29. The number of esters is 1. The van der Waals surface area contributed by atoms with Crippen LogP contribution in [0.5, 0.6) is 0 Å². The van der Waals surface area contributed by atoms with Crippen LogP contribution in [0, 0.1) is 0 Å². The van der Waals surface area contributed by atoms with Gasteiger partial charge in [-0.15, -0.1) is 0 Å². The minimum absolute atomic E-state index is 0.328. The second kappa shape index (κ2) is 7.98. The van der Waals surface area contributed by atoms with E-state index in [4.69, 9.17) is 0 Å². The Hall–Kier alpha value is -1.12. The highest BCUT2D eigenvalue weighted by molar-refractivity contribution is 5.81. The maximum Gasteiger partial charge on any atom is 0.330 e. The largest absolute Gasteiger partial charge is 0.466 e. The van der Waals surface area contributed by atoms with E-state index in [1.54, 1.807) is 6.08 Å². The van der Waals surface area contributed by atoms with Crippen LogP contribution in [0.25, 0.3) is 0 Å². The second-order valence-electron chi connectivity index (χ2n) is 2.38. The lowest BCUT2D eigenvalue weighted by atomic mass is 10.2. The summed E-state index contributed by atoms with van der Waals surface area (Å²) in [6.07, 6.45) is 7.32. The minimum atomic E-state index is -0.328. The molecule has 12 heavy (non-hydrogen) atoms. The van der Waals surface area contributed by atoms with Crippen LogP contribution in [0.15, 0.2) is 12.2 Å². The molecule has 0 aromatic rings. The van der Waals surface area contributed by atoms with Gasteiger partial charge in [-0.2, -0.15) is 0 Å². The monoisotopic (exact) mass is 170 g/mol. The van der Waals surface area contributed by atoms with E-state index in [2.05, 4.69) is 4.74 Å². The average Bonchev–Trinajstić information content (AvgIpc) is 2.10. The van der Waals surface area contributed by atoms with Gasteiger partial charge in [0.2, 0.25) is 0 Å². The Bertz CT molecular complexity index is 161. The number of carbonyl (C=O) groups excluding carboxylic acids is 2. The molecule has 0 aliphatic rings. The minimum Gasteiger partial charge on any atom is -0.466 e. The third-order valence-corrected chi connectivity index (χ3v) is 1.40. The summed E-state index contributed by atoms with van der Waals surface area (Å²) in [7, 11) is 1.35. The first-order chi connectivity index (χ1) is 5.81. The molecule has 0 aromatic heterocycles. The van der Waals surface area contributed by atoms with Gasteiger partial charge in [-0.25, -0.2) is 4.79 Å². The Morgan fingerprint density at radius 3 is 2.58 bits per heavy atom. The highest BCUT2D eigenvalue weighted by Crippen LogP contribution is 1.98. The van der Waals surface area contributed by atoms with Crippen LogP contribution < -0.4 is 0 Å². The van der Waals surface area contributed by atoms with Gasteiger partial charge in [-0.05, 0) is 19.3 Å². The average molecular weight is 170 g/mol. The summed E-state index contributed by atoms with van der Waals surface area (Å²) in [6.45, 7) is 0. The summed E-state index contributed by atoms with van der Waals surface area (Å²) < 4.78 is 4.40. The van der Waals surface area contributed by atoms with Gasteiger partial charge in [-0.3, -0.25) is 0 Å². The van der Waals surface area contributed by atoms with Crippen LogP contribution in [-0.2, 0) is 14.3 Å². The first-order valence-electron chi connectivity index (χ1n) is 3.99. The molecule has 0 N–H and O–H groups in total. The fraction of sp³-hybridized carbons (Fsp3) is 0.556. The van der Waals surface area contributed by atoms with Crippen molar-refractivity contribution in [1.82, 2.24) is 0 Å². The molecule has 0 bridgehead atoms. The third-order valence-electron chi connectivity index (χ3n) is 1.40. The van der Waals surface area contributed by atoms with Crippen LogP contribution >= 0.6 is 0 Å². The smallest absolute Gasteiger partial charge is 0.330 e. The summed E-state index contributed by atoms with van der Waals surface area (Å²) in [5.74, 6) is -0.328.